The molecule has 2 aromatic heterocycles. The number of rotatable bonds is 6. The standard InChI is InChI=1S/C53H40N4O/c1-34(35-22-24-36(25-23-35)40-17-11-18-44-43-16-7-10-21-51(43)58-52(40)44)30-31-55-53(54)57-48-20-9-6-15-42(48)46-33-38(27-29-50(46)57)37-26-28-49-45(32-37)41-14-5-8-19-47(41)56(49)39-12-3-2-4-13-39/h2-26,28-33,38,45,49H,1,27H2,(H2,54,55)/b31-30-. The summed E-state index contributed by atoms with van der Waals surface area (Å²) in [4.78, 5) is 7.24. The Balaban J connectivity index is 0.863. The maximum absolute atomic E-state index is 6.82. The molecular formula is C53H40N4O. The Hall–Kier alpha value is -7.37. The SMILES string of the molecule is C=C(/C=C\N=C(/N)n1c2c(c3ccccc31)=CC(C1=CC3c4ccccc4N(c4ccccc4)C3C=C1)CC=2)c1ccc(-c2cccc3c2oc2ccccc23)cc1. The molecule has 0 amide bonds. The van der Waals surface area contributed by atoms with Gasteiger partial charge in [-0.25, -0.2) is 4.99 Å². The van der Waals surface area contributed by atoms with Crippen molar-refractivity contribution in [2.24, 2.45) is 16.6 Å². The number of aromatic nitrogens is 1. The van der Waals surface area contributed by atoms with Crippen LogP contribution in [0.3, 0.4) is 0 Å². The van der Waals surface area contributed by atoms with Gasteiger partial charge in [0, 0.05) is 56.4 Å². The molecule has 6 aromatic carbocycles. The van der Waals surface area contributed by atoms with Crippen molar-refractivity contribution < 1.29 is 4.42 Å². The van der Waals surface area contributed by atoms with Crippen LogP contribution in [0.2, 0.25) is 0 Å². The zero-order valence-corrected chi connectivity index (χ0v) is 31.9. The lowest BCUT2D eigenvalue weighted by Crippen LogP contribution is -2.39. The summed E-state index contributed by atoms with van der Waals surface area (Å²) in [6.07, 6.45) is 16.6. The molecule has 58 heavy (non-hydrogen) atoms. The largest absolute Gasteiger partial charge is 0.455 e. The van der Waals surface area contributed by atoms with Crippen molar-refractivity contribution >= 4 is 67.9 Å². The Morgan fingerprint density at radius 2 is 1.52 bits per heavy atom. The highest BCUT2D eigenvalue weighted by atomic mass is 16.3. The van der Waals surface area contributed by atoms with Crippen LogP contribution in [0.15, 0.2) is 198 Å². The van der Waals surface area contributed by atoms with Crippen LogP contribution in [0, 0.1) is 5.92 Å². The molecule has 8 aromatic rings. The minimum Gasteiger partial charge on any atom is -0.455 e. The highest BCUT2D eigenvalue weighted by molar-refractivity contribution is 6.09. The average Bonchev–Trinajstić information content (AvgIpc) is 3.94. The van der Waals surface area contributed by atoms with Crippen LogP contribution in [0.1, 0.15) is 23.5 Å². The van der Waals surface area contributed by atoms with E-state index in [4.69, 9.17) is 15.1 Å². The smallest absolute Gasteiger partial charge is 0.205 e. The topological polar surface area (TPSA) is 59.7 Å². The first-order chi connectivity index (χ1) is 28.6. The van der Waals surface area contributed by atoms with Gasteiger partial charge in [-0.3, -0.25) is 4.57 Å². The highest BCUT2D eigenvalue weighted by Gasteiger charge is 2.38. The van der Waals surface area contributed by atoms with Gasteiger partial charge in [-0.1, -0.05) is 152 Å². The monoisotopic (exact) mass is 748 g/mol. The van der Waals surface area contributed by atoms with E-state index in [0.717, 1.165) is 61.5 Å². The Labute approximate surface area is 336 Å². The Bertz CT molecular complexity index is 3190. The summed E-state index contributed by atoms with van der Waals surface area (Å²) < 4.78 is 8.38. The van der Waals surface area contributed by atoms with E-state index in [0.29, 0.717) is 5.96 Å². The van der Waals surface area contributed by atoms with Crippen LogP contribution in [0.25, 0.3) is 61.7 Å². The third-order valence-electron chi connectivity index (χ3n) is 12.1. The van der Waals surface area contributed by atoms with Crippen LogP contribution >= 0.6 is 0 Å². The molecule has 3 aliphatic rings. The molecule has 1 aliphatic heterocycles. The number of hydrogen-bond donors (Lipinski definition) is 1. The summed E-state index contributed by atoms with van der Waals surface area (Å²) >= 11 is 0. The van der Waals surface area contributed by atoms with Gasteiger partial charge < -0.3 is 15.1 Å². The molecule has 0 spiro atoms. The molecule has 2 N–H and O–H groups in total. The van der Waals surface area contributed by atoms with Crippen molar-refractivity contribution in [3.05, 3.63) is 210 Å². The van der Waals surface area contributed by atoms with Crippen LogP contribution in [-0.4, -0.2) is 16.6 Å². The normalized spacial score (nSPS) is 18.6. The fourth-order valence-electron chi connectivity index (χ4n) is 9.35. The summed E-state index contributed by atoms with van der Waals surface area (Å²) in [5, 5.41) is 5.70. The number of benzene rings is 6. The minimum atomic E-state index is 0.247. The lowest BCUT2D eigenvalue weighted by molar-refractivity contribution is 0.670. The third kappa shape index (κ3) is 5.50. The van der Waals surface area contributed by atoms with Crippen molar-refractivity contribution in [3.63, 3.8) is 0 Å². The lowest BCUT2D eigenvalue weighted by atomic mass is 9.82. The summed E-state index contributed by atoms with van der Waals surface area (Å²) in [7, 11) is 0. The van der Waals surface area contributed by atoms with E-state index < -0.39 is 0 Å². The average molecular weight is 749 g/mol. The predicted molar refractivity (Wildman–Crippen MR) is 241 cm³/mol. The van der Waals surface area contributed by atoms with Crippen molar-refractivity contribution in [1.82, 2.24) is 4.57 Å². The zero-order chi connectivity index (χ0) is 38.7. The number of allylic oxidation sites excluding steroid dienone is 4. The molecule has 5 nitrogen and oxygen atoms in total. The Morgan fingerprint density at radius 3 is 2.40 bits per heavy atom. The van der Waals surface area contributed by atoms with Gasteiger partial charge in [-0.15, -0.1) is 0 Å². The van der Waals surface area contributed by atoms with Crippen LogP contribution in [-0.2, 0) is 0 Å². The fraction of sp³-hybridized carbons (Fsp3) is 0.0755. The number of nitrogens with zero attached hydrogens (tertiary/aromatic N) is 3. The molecule has 3 heterocycles. The predicted octanol–water partition coefficient (Wildman–Crippen LogP) is 11.0. The molecule has 3 unspecified atom stereocenters. The molecule has 0 fully saturated rings. The molecule has 3 atom stereocenters. The second-order valence-electron chi connectivity index (χ2n) is 15.4. The molecule has 0 radical (unpaired) electrons. The summed E-state index contributed by atoms with van der Waals surface area (Å²) in [6.45, 7) is 4.34. The first-order valence-electron chi connectivity index (χ1n) is 20.0. The first-order valence-corrected chi connectivity index (χ1v) is 20.0. The molecule has 0 bridgehead atoms. The number of anilines is 2. The van der Waals surface area contributed by atoms with Crippen LogP contribution < -0.4 is 21.2 Å². The summed E-state index contributed by atoms with van der Waals surface area (Å²) in [6, 6.07) is 51.2. The van der Waals surface area contributed by atoms with E-state index >= 15 is 0 Å². The van der Waals surface area contributed by atoms with Gasteiger partial charge >= 0.3 is 0 Å². The van der Waals surface area contributed by atoms with E-state index in [1.165, 1.54) is 33.1 Å². The Morgan fingerprint density at radius 1 is 0.759 bits per heavy atom. The zero-order valence-electron chi connectivity index (χ0n) is 31.9. The molecule has 5 heteroatoms. The fourth-order valence-corrected chi connectivity index (χ4v) is 9.35. The van der Waals surface area contributed by atoms with Gasteiger partial charge in [0.2, 0.25) is 5.96 Å². The van der Waals surface area contributed by atoms with Crippen LogP contribution in [0.5, 0.6) is 0 Å². The quantitative estimate of drug-likeness (QED) is 0.105. The van der Waals surface area contributed by atoms with Gasteiger partial charge in [-0.2, -0.15) is 0 Å². The number of furan rings is 1. The van der Waals surface area contributed by atoms with E-state index in [9.17, 15) is 0 Å². The van der Waals surface area contributed by atoms with Gasteiger partial charge in [0.25, 0.3) is 0 Å². The van der Waals surface area contributed by atoms with E-state index in [2.05, 4.69) is 174 Å². The molecular weight excluding hydrogens is 709 g/mol. The molecule has 0 saturated carbocycles. The summed E-state index contributed by atoms with van der Waals surface area (Å²) in [5.74, 6) is 0.954. The van der Waals surface area contributed by atoms with Crippen LogP contribution in [0.4, 0.5) is 11.4 Å². The van der Waals surface area contributed by atoms with Gasteiger partial charge in [-0.05, 0) is 70.7 Å². The first kappa shape index (κ1) is 33.9. The van der Waals surface area contributed by atoms with Gasteiger partial charge in [0.1, 0.15) is 11.2 Å². The molecule has 2 aliphatic carbocycles. The van der Waals surface area contributed by atoms with Crippen molar-refractivity contribution in [1.29, 1.82) is 0 Å². The number of fused-ring (bicyclic) bond motifs is 9. The lowest BCUT2D eigenvalue weighted by Gasteiger charge is -2.30. The molecule has 0 saturated heterocycles. The molecule has 11 rings (SSSR count). The number of hydrogen-bond acceptors (Lipinski definition) is 3. The van der Waals surface area contributed by atoms with Gasteiger partial charge in [0.05, 0.1) is 16.9 Å². The number of aliphatic imine (C=N–C) groups is 1. The van der Waals surface area contributed by atoms with E-state index in [-0.39, 0.29) is 17.9 Å². The second-order valence-corrected chi connectivity index (χ2v) is 15.4. The van der Waals surface area contributed by atoms with Crippen molar-refractivity contribution in [2.45, 2.75) is 18.4 Å². The van der Waals surface area contributed by atoms with Gasteiger partial charge in [0.15, 0.2) is 0 Å². The maximum atomic E-state index is 6.82. The van der Waals surface area contributed by atoms with Crippen molar-refractivity contribution in [2.75, 3.05) is 4.90 Å². The highest BCUT2D eigenvalue weighted by Crippen LogP contribution is 2.49. The third-order valence-corrected chi connectivity index (χ3v) is 12.1. The van der Waals surface area contributed by atoms with Crippen molar-refractivity contribution in [3.8, 4) is 11.1 Å². The number of nitrogens with two attached hydrogens (primary N) is 1. The van der Waals surface area contributed by atoms with E-state index in [1.807, 2.05) is 24.3 Å². The second kappa shape index (κ2) is 13.7. The summed E-state index contributed by atoms with van der Waals surface area (Å²) in [5.41, 5.74) is 18.9. The minimum absolute atomic E-state index is 0.247. The Kier molecular flexibility index (Phi) is 8.00. The van der Waals surface area contributed by atoms with E-state index in [1.54, 1.807) is 6.20 Å². The maximum Gasteiger partial charge on any atom is 0.205 e. The number of para-hydroxylation sites is 5. The molecule has 278 valence electrons.